The van der Waals surface area contributed by atoms with E-state index in [2.05, 4.69) is 0 Å². The van der Waals surface area contributed by atoms with Gasteiger partial charge in [-0.1, -0.05) is 24.3 Å². The van der Waals surface area contributed by atoms with Gasteiger partial charge in [0.2, 0.25) is 5.76 Å². The van der Waals surface area contributed by atoms with Gasteiger partial charge in [0, 0.05) is 6.07 Å². The van der Waals surface area contributed by atoms with Crippen molar-refractivity contribution in [3.8, 4) is 16.9 Å². The van der Waals surface area contributed by atoms with Crippen molar-refractivity contribution in [3.63, 3.8) is 0 Å². The van der Waals surface area contributed by atoms with Gasteiger partial charge in [-0.05, 0) is 35.9 Å². The fourth-order valence-corrected chi connectivity index (χ4v) is 2.33. The highest BCUT2D eigenvalue weighted by atomic mass is 16.6. The minimum absolute atomic E-state index is 0.0351. The topological polar surface area (TPSA) is 103 Å². The molecule has 1 aromatic heterocycles. The van der Waals surface area contributed by atoms with E-state index < -0.39 is 10.9 Å². The maximum absolute atomic E-state index is 11.1. The third-order valence-corrected chi connectivity index (χ3v) is 3.52. The molecule has 0 atom stereocenters. The van der Waals surface area contributed by atoms with Crippen LogP contribution in [0.2, 0.25) is 0 Å². The van der Waals surface area contributed by atoms with Crippen molar-refractivity contribution < 1.29 is 24.0 Å². The molecule has 0 radical (unpaired) electrons. The summed E-state index contributed by atoms with van der Waals surface area (Å²) in [5.74, 6) is -0.360. The molecule has 0 spiro atoms. The fourth-order valence-electron chi connectivity index (χ4n) is 2.33. The third kappa shape index (κ3) is 3.66. The normalized spacial score (nSPS) is 10.4. The van der Waals surface area contributed by atoms with Crippen LogP contribution in [0.15, 0.2) is 65.1 Å². The number of ether oxygens (including phenoxy) is 1. The summed E-state index contributed by atoms with van der Waals surface area (Å²) < 4.78 is 10.6. The number of nitro groups is 1. The summed E-state index contributed by atoms with van der Waals surface area (Å²) in [7, 11) is 0. The van der Waals surface area contributed by atoms with E-state index in [4.69, 9.17) is 14.3 Å². The number of carboxylic acids is 1. The van der Waals surface area contributed by atoms with Gasteiger partial charge in [-0.25, -0.2) is 4.79 Å². The second-order valence-electron chi connectivity index (χ2n) is 5.16. The number of rotatable bonds is 6. The van der Waals surface area contributed by atoms with Crippen molar-refractivity contribution in [2.45, 2.75) is 6.61 Å². The molecule has 0 bridgehead atoms. The molecule has 3 aromatic rings. The Bertz CT molecular complexity index is 913. The van der Waals surface area contributed by atoms with Crippen LogP contribution in [0.3, 0.4) is 0 Å². The van der Waals surface area contributed by atoms with E-state index in [-0.39, 0.29) is 18.1 Å². The maximum Gasteiger partial charge on any atom is 0.371 e. The first-order valence-electron chi connectivity index (χ1n) is 7.33. The molecule has 1 heterocycles. The SMILES string of the molecule is O=C(O)c1ccc(COc2ccc(-c3ccccc3[N+](=O)[O-])cc2)o1. The van der Waals surface area contributed by atoms with Crippen LogP contribution >= 0.6 is 0 Å². The second-order valence-corrected chi connectivity index (χ2v) is 5.16. The zero-order valence-corrected chi connectivity index (χ0v) is 12.9. The van der Waals surface area contributed by atoms with Gasteiger partial charge in [0.05, 0.1) is 10.5 Å². The summed E-state index contributed by atoms with van der Waals surface area (Å²) in [6, 6.07) is 16.2. The monoisotopic (exact) mass is 339 g/mol. The van der Waals surface area contributed by atoms with Crippen LogP contribution in [0.1, 0.15) is 16.3 Å². The summed E-state index contributed by atoms with van der Waals surface area (Å²) in [6.07, 6.45) is 0. The quantitative estimate of drug-likeness (QED) is 0.535. The number of hydrogen-bond acceptors (Lipinski definition) is 5. The van der Waals surface area contributed by atoms with Crippen LogP contribution in [0.4, 0.5) is 5.69 Å². The van der Waals surface area contributed by atoms with Gasteiger partial charge in [-0.2, -0.15) is 0 Å². The standard InChI is InChI=1S/C18H13NO6/c20-18(21)17-10-9-14(25-17)11-24-13-7-5-12(6-8-13)15-3-1-2-4-16(15)19(22)23/h1-10H,11H2,(H,20,21). The van der Waals surface area contributed by atoms with Crippen LogP contribution in [0.5, 0.6) is 5.75 Å². The van der Waals surface area contributed by atoms with Crippen LogP contribution < -0.4 is 4.74 Å². The van der Waals surface area contributed by atoms with Crippen molar-refractivity contribution in [1.29, 1.82) is 0 Å². The lowest BCUT2D eigenvalue weighted by Gasteiger charge is -2.06. The lowest BCUT2D eigenvalue weighted by Crippen LogP contribution is -1.95. The summed E-state index contributed by atoms with van der Waals surface area (Å²) in [5.41, 5.74) is 1.26. The van der Waals surface area contributed by atoms with Crippen LogP contribution in [-0.4, -0.2) is 16.0 Å². The molecule has 1 N–H and O–H groups in total. The van der Waals surface area contributed by atoms with E-state index in [0.717, 1.165) is 0 Å². The molecule has 0 aliphatic heterocycles. The van der Waals surface area contributed by atoms with Crippen molar-refractivity contribution in [2.75, 3.05) is 0 Å². The van der Waals surface area contributed by atoms with Gasteiger partial charge in [-0.3, -0.25) is 10.1 Å². The fraction of sp³-hybridized carbons (Fsp3) is 0.0556. The van der Waals surface area contributed by atoms with Crippen molar-refractivity contribution in [1.82, 2.24) is 0 Å². The molecular formula is C18H13NO6. The molecule has 3 rings (SSSR count). The van der Waals surface area contributed by atoms with Gasteiger partial charge in [0.15, 0.2) is 0 Å². The molecule has 0 saturated carbocycles. The number of nitrogens with zero attached hydrogens (tertiary/aromatic N) is 1. The molecule has 7 nitrogen and oxygen atoms in total. The first kappa shape index (κ1) is 16.3. The number of carboxylic acid groups (broad SMARTS) is 1. The molecule has 7 heteroatoms. The predicted octanol–water partition coefficient (Wildman–Crippen LogP) is 4.13. The molecule has 0 aliphatic rings. The predicted molar refractivity (Wildman–Crippen MR) is 88.5 cm³/mol. The van der Waals surface area contributed by atoms with Gasteiger partial charge >= 0.3 is 5.97 Å². The average molecular weight is 339 g/mol. The largest absolute Gasteiger partial charge is 0.486 e. The zero-order valence-electron chi connectivity index (χ0n) is 12.9. The van der Waals surface area contributed by atoms with Gasteiger partial charge in [-0.15, -0.1) is 0 Å². The van der Waals surface area contributed by atoms with Crippen LogP contribution in [-0.2, 0) is 6.61 Å². The first-order valence-corrected chi connectivity index (χ1v) is 7.33. The van der Waals surface area contributed by atoms with E-state index in [0.29, 0.717) is 22.6 Å². The van der Waals surface area contributed by atoms with Crippen molar-refractivity contribution >= 4 is 11.7 Å². The Morgan fingerprint density at radius 3 is 2.44 bits per heavy atom. The van der Waals surface area contributed by atoms with E-state index in [1.807, 2.05) is 0 Å². The molecular weight excluding hydrogens is 326 g/mol. The maximum atomic E-state index is 11.1. The van der Waals surface area contributed by atoms with E-state index in [1.165, 1.54) is 18.2 Å². The summed E-state index contributed by atoms with van der Waals surface area (Å²) in [4.78, 5) is 21.4. The number of carbonyl (C=O) groups is 1. The number of benzene rings is 2. The van der Waals surface area contributed by atoms with Gasteiger partial charge < -0.3 is 14.3 Å². The van der Waals surface area contributed by atoms with Crippen molar-refractivity contribution in [3.05, 3.63) is 82.3 Å². The molecule has 0 saturated heterocycles. The molecule has 25 heavy (non-hydrogen) atoms. The Balaban J connectivity index is 1.72. The van der Waals surface area contributed by atoms with Crippen LogP contribution in [0, 0.1) is 10.1 Å². The summed E-state index contributed by atoms with van der Waals surface area (Å²) >= 11 is 0. The Hall–Kier alpha value is -3.61. The smallest absolute Gasteiger partial charge is 0.371 e. The zero-order chi connectivity index (χ0) is 17.8. The van der Waals surface area contributed by atoms with Crippen molar-refractivity contribution in [2.24, 2.45) is 0 Å². The molecule has 126 valence electrons. The minimum Gasteiger partial charge on any atom is -0.486 e. The van der Waals surface area contributed by atoms with Gasteiger partial charge in [0.25, 0.3) is 5.69 Å². The van der Waals surface area contributed by atoms with E-state index in [9.17, 15) is 14.9 Å². The summed E-state index contributed by atoms with van der Waals surface area (Å²) in [5, 5.41) is 19.9. The highest BCUT2D eigenvalue weighted by Gasteiger charge is 2.14. The Morgan fingerprint density at radius 1 is 1.08 bits per heavy atom. The molecule has 0 fully saturated rings. The minimum atomic E-state index is -1.14. The lowest BCUT2D eigenvalue weighted by molar-refractivity contribution is -0.384. The van der Waals surface area contributed by atoms with E-state index in [1.54, 1.807) is 42.5 Å². The Labute approximate surface area is 142 Å². The second kappa shape index (κ2) is 6.88. The van der Waals surface area contributed by atoms with Gasteiger partial charge in [0.1, 0.15) is 18.1 Å². The Morgan fingerprint density at radius 2 is 1.80 bits per heavy atom. The lowest BCUT2D eigenvalue weighted by atomic mass is 10.0. The number of hydrogen-bond donors (Lipinski definition) is 1. The molecule has 0 unspecified atom stereocenters. The molecule has 0 amide bonds. The number of nitro benzene ring substituents is 1. The highest BCUT2D eigenvalue weighted by molar-refractivity contribution is 5.84. The van der Waals surface area contributed by atoms with E-state index >= 15 is 0 Å². The highest BCUT2D eigenvalue weighted by Crippen LogP contribution is 2.30. The molecule has 0 aliphatic carbocycles. The van der Waals surface area contributed by atoms with Crippen LogP contribution in [0.25, 0.3) is 11.1 Å². The first-order chi connectivity index (χ1) is 12.0. The number of aromatic carboxylic acids is 1. The average Bonchev–Trinajstić information content (AvgIpc) is 3.10. The third-order valence-electron chi connectivity index (χ3n) is 3.52. The Kier molecular flexibility index (Phi) is 4.47. The summed E-state index contributed by atoms with van der Waals surface area (Å²) in [6.45, 7) is 0.0815. The number of furan rings is 1. The number of para-hydroxylation sites is 1. The molecule has 2 aromatic carbocycles.